The molecule has 0 aliphatic rings. The van der Waals surface area contributed by atoms with E-state index < -0.39 is 0 Å². The van der Waals surface area contributed by atoms with Gasteiger partial charge in [0.1, 0.15) is 5.78 Å². The minimum Gasteiger partial charge on any atom is -0.339 e. The maximum absolute atomic E-state index is 11.6. The number of Topliss-reactive ketones (excluding diaryl/α,β-unsaturated/α-hetero) is 1. The third-order valence-corrected chi connectivity index (χ3v) is 3.77. The first-order valence-electron chi connectivity index (χ1n) is 6.20. The summed E-state index contributed by atoms with van der Waals surface area (Å²) < 4.78 is 6.18. The molecular weight excluding hydrogens is 308 g/mol. The van der Waals surface area contributed by atoms with Gasteiger partial charge in [-0.2, -0.15) is 4.98 Å². The normalized spacial score (nSPS) is 12.4. The Labute approximate surface area is 120 Å². The van der Waals surface area contributed by atoms with E-state index in [1.165, 1.54) is 0 Å². The van der Waals surface area contributed by atoms with Crippen molar-refractivity contribution in [3.63, 3.8) is 0 Å². The summed E-state index contributed by atoms with van der Waals surface area (Å²) >= 11 is 3.48. The van der Waals surface area contributed by atoms with Crippen LogP contribution in [0.2, 0.25) is 0 Å². The molecule has 0 fully saturated rings. The Morgan fingerprint density at radius 2 is 2.16 bits per heavy atom. The molecule has 0 N–H and O–H groups in total. The van der Waals surface area contributed by atoms with Gasteiger partial charge >= 0.3 is 0 Å². The molecule has 0 spiro atoms. The molecule has 19 heavy (non-hydrogen) atoms. The van der Waals surface area contributed by atoms with Crippen LogP contribution in [0.5, 0.6) is 0 Å². The maximum atomic E-state index is 11.6. The monoisotopic (exact) mass is 322 g/mol. The Hall–Kier alpha value is -1.49. The van der Waals surface area contributed by atoms with E-state index in [1.54, 1.807) is 6.92 Å². The van der Waals surface area contributed by atoms with Gasteiger partial charge in [-0.3, -0.25) is 4.79 Å². The zero-order valence-electron chi connectivity index (χ0n) is 10.9. The van der Waals surface area contributed by atoms with Gasteiger partial charge in [0.15, 0.2) is 5.82 Å². The third kappa shape index (κ3) is 3.29. The highest BCUT2D eigenvalue weighted by atomic mass is 79.9. The van der Waals surface area contributed by atoms with Crippen LogP contribution in [0.25, 0.3) is 0 Å². The van der Waals surface area contributed by atoms with E-state index in [0.717, 1.165) is 10.0 Å². The van der Waals surface area contributed by atoms with Gasteiger partial charge in [-0.25, -0.2) is 0 Å². The van der Waals surface area contributed by atoms with Crippen molar-refractivity contribution in [1.29, 1.82) is 0 Å². The highest BCUT2D eigenvalue weighted by molar-refractivity contribution is 9.10. The van der Waals surface area contributed by atoms with Crippen LogP contribution in [-0.4, -0.2) is 15.9 Å². The van der Waals surface area contributed by atoms with Crippen LogP contribution >= 0.6 is 15.9 Å². The predicted octanol–water partition coefficient (Wildman–Crippen LogP) is 3.51. The number of aromatic nitrogens is 2. The zero-order valence-corrected chi connectivity index (χ0v) is 12.5. The Morgan fingerprint density at radius 3 is 2.84 bits per heavy atom. The van der Waals surface area contributed by atoms with Crippen molar-refractivity contribution >= 4 is 21.7 Å². The molecule has 1 unspecified atom stereocenters. The Bertz CT molecular complexity index is 580. The zero-order chi connectivity index (χ0) is 13.8. The number of hydrogen-bond acceptors (Lipinski definition) is 4. The molecule has 0 aliphatic heterocycles. The van der Waals surface area contributed by atoms with Crippen molar-refractivity contribution in [3.05, 3.63) is 46.0 Å². The Kier molecular flexibility index (Phi) is 4.47. The van der Waals surface area contributed by atoms with Crippen LogP contribution in [0.3, 0.4) is 0 Å². The first kappa shape index (κ1) is 13.9. The molecule has 2 aromatic rings. The summed E-state index contributed by atoms with van der Waals surface area (Å²) in [6, 6.07) is 7.89. The number of benzene rings is 1. The van der Waals surface area contributed by atoms with Crippen molar-refractivity contribution in [1.82, 2.24) is 10.1 Å². The van der Waals surface area contributed by atoms with Crippen molar-refractivity contribution < 1.29 is 9.32 Å². The minimum atomic E-state index is -0.328. The lowest BCUT2D eigenvalue weighted by Crippen LogP contribution is -2.07. The molecule has 5 heteroatoms. The number of halogens is 1. The van der Waals surface area contributed by atoms with Gasteiger partial charge in [0.25, 0.3) is 0 Å². The quantitative estimate of drug-likeness (QED) is 0.845. The first-order chi connectivity index (χ1) is 9.11. The highest BCUT2D eigenvalue weighted by Gasteiger charge is 2.20. The van der Waals surface area contributed by atoms with Gasteiger partial charge in [0, 0.05) is 17.3 Å². The van der Waals surface area contributed by atoms with Crippen molar-refractivity contribution in [2.45, 2.75) is 32.6 Å². The van der Waals surface area contributed by atoms with Gasteiger partial charge in [-0.1, -0.05) is 46.2 Å². The standard InChI is InChI=1S/C14H15BrN2O2/c1-3-12(18)9(2)14-16-13(17-19-14)8-10-6-4-5-7-11(10)15/h4-7,9H,3,8H2,1-2H3. The molecule has 0 saturated heterocycles. The van der Waals surface area contributed by atoms with E-state index in [4.69, 9.17) is 4.52 Å². The molecule has 1 aromatic heterocycles. The number of rotatable bonds is 5. The average Bonchev–Trinajstić information content (AvgIpc) is 2.88. The van der Waals surface area contributed by atoms with Gasteiger partial charge in [-0.05, 0) is 18.6 Å². The van der Waals surface area contributed by atoms with Crippen LogP contribution < -0.4 is 0 Å². The molecule has 0 amide bonds. The van der Waals surface area contributed by atoms with Crippen molar-refractivity contribution in [2.24, 2.45) is 0 Å². The van der Waals surface area contributed by atoms with Gasteiger partial charge in [-0.15, -0.1) is 0 Å². The molecule has 1 aromatic carbocycles. The second kappa shape index (κ2) is 6.10. The average molecular weight is 323 g/mol. The summed E-state index contributed by atoms with van der Waals surface area (Å²) in [4.78, 5) is 15.9. The van der Waals surface area contributed by atoms with Gasteiger partial charge in [0.05, 0.1) is 5.92 Å². The molecule has 0 aliphatic carbocycles. The van der Waals surface area contributed by atoms with E-state index in [1.807, 2.05) is 31.2 Å². The Morgan fingerprint density at radius 1 is 1.42 bits per heavy atom. The van der Waals surface area contributed by atoms with E-state index in [9.17, 15) is 4.79 Å². The molecule has 1 atom stereocenters. The molecular formula is C14H15BrN2O2. The maximum Gasteiger partial charge on any atom is 0.236 e. The number of ketones is 1. The summed E-state index contributed by atoms with van der Waals surface area (Å²) in [5.41, 5.74) is 1.09. The summed E-state index contributed by atoms with van der Waals surface area (Å²) in [6.07, 6.45) is 1.06. The van der Waals surface area contributed by atoms with Crippen LogP contribution in [-0.2, 0) is 11.2 Å². The summed E-state index contributed by atoms with van der Waals surface area (Å²) in [5.74, 6) is 0.771. The molecule has 100 valence electrons. The summed E-state index contributed by atoms with van der Waals surface area (Å²) in [5, 5.41) is 3.93. The lowest BCUT2D eigenvalue weighted by atomic mass is 10.1. The molecule has 4 nitrogen and oxygen atoms in total. The Balaban J connectivity index is 2.14. The van der Waals surface area contributed by atoms with E-state index in [-0.39, 0.29) is 11.7 Å². The van der Waals surface area contributed by atoms with Crippen LogP contribution in [0.15, 0.2) is 33.3 Å². The van der Waals surface area contributed by atoms with E-state index in [2.05, 4.69) is 26.1 Å². The smallest absolute Gasteiger partial charge is 0.236 e. The van der Waals surface area contributed by atoms with Crippen molar-refractivity contribution in [2.75, 3.05) is 0 Å². The molecule has 0 bridgehead atoms. The van der Waals surface area contributed by atoms with E-state index in [0.29, 0.717) is 24.6 Å². The van der Waals surface area contributed by atoms with Crippen molar-refractivity contribution in [3.8, 4) is 0 Å². The number of carbonyl (C=O) groups is 1. The second-order valence-electron chi connectivity index (χ2n) is 4.36. The molecule has 2 rings (SSSR count). The fraction of sp³-hybridized carbons (Fsp3) is 0.357. The van der Waals surface area contributed by atoms with Gasteiger partial charge < -0.3 is 4.52 Å². The fourth-order valence-corrected chi connectivity index (χ4v) is 2.20. The summed E-state index contributed by atoms with van der Waals surface area (Å²) in [7, 11) is 0. The third-order valence-electron chi connectivity index (χ3n) is 2.99. The topological polar surface area (TPSA) is 56.0 Å². The highest BCUT2D eigenvalue weighted by Crippen LogP contribution is 2.20. The summed E-state index contributed by atoms with van der Waals surface area (Å²) in [6.45, 7) is 3.62. The lowest BCUT2D eigenvalue weighted by molar-refractivity contribution is -0.120. The largest absolute Gasteiger partial charge is 0.339 e. The van der Waals surface area contributed by atoms with Crippen LogP contribution in [0, 0.1) is 0 Å². The van der Waals surface area contributed by atoms with Crippen LogP contribution in [0.1, 0.15) is 43.5 Å². The number of hydrogen-bond donors (Lipinski definition) is 0. The molecule has 0 radical (unpaired) electrons. The minimum absolute atomic E-state index is 0.107. The lowest BCUT2D eigenvalue weighted by Gasteiger charge is -2.01. The van der Waals surface area contributed by atoms with Gasteiger partial charge in [0.2, 0.25) is 5.89 Å². The second-order valence-corrected chi connectivity index (χ2v) is 5.21. The first-order valence-corrected chi connectivity index (χ1v) is 6.99. The SMILES string of the molecule is CCC(=O)C(C)c1nc(Cc2ccccc2Br)no1. The van der Waals surface area contributed by atoms with Crippen LogP contribution in [0.4, 0.5) is 0 Å². The number of carbonyl (C=O) groups excluding carboxylic acids is 1. The number of nitrogens with zero attached hydrogens (tertiary/aromatic N) is 2. The molecule has 1 heterocycles. The molecule has 0 saturated carbocycles. The predicted molar refractivity (Wildman–Crippen MR) is 75.0 cm³/mol. The van der Waals surface area contributed by atoms with E-state index >= 15 is 0 Å². The fourth-order valence-electron chi connectivity index (χ4n) is 1.77.